The Morgan fingerprint density at radius 3 is 2.38 bits per heavy atom. The first kappa shape index (κ1) is 17.2. The van der Waals surface area contributed by atoms with Crippen LogP contribution in [0.15, 0.2) is 0 Å². The van der Waals surface area contributed by atoms with Gasteiger partial charge in [-0.1, -0.05) is 0 Å². The summed E-state index contributed by atoms with van der Waals surface area (Å²) in [6, 6.07) is 0.657. The molecule has 138 valence electrons. The molecule has 8 atom stereocenters. The molecule has 2 saturated carbocycles. The molecule has 0 bridgehead atoms. The van der Waals surface area contributed by atoms with Crippen molar-refractivity contribution < 1.29 is 18.9 Å². The molecule has 2 saturated heterocycles. The molecule has 0 aromatic rings. The van der Waals surface area contributed by atoms with Crippen LogP contribution in [0.3, 0.4) is 0 Å². The van der Waals surface area contributed by atoms with Crippen molar-refractivity contribution in [2.45, 2.75) is 69.0 Å². The molecule has 0 aromatic heterocycles. The minimum absolute atomic E-state index is 0.243. The van der Waals surface area contributed by atoms with Crippen molar-refractivity contribution in [3.63, 3.8) is 0 Å². The summed E-state index contributed by atoms with van der Waals surface area (Å²) in [5.41, 5.74) is 0. The lowest BCUT2D eigenvalue weighted by Gasteiger charge is -2.53. The summed E-state index contributed by atoms with van der Waals surface area (Å²) in [7, 11) is 6.00. The van der Waals surface area contributed by atoms with Crippen LogP contribution in [0.2, 0.25) is 0 Å². The summed E-state index contributed by atoms with van der Waals surface area (Å²) >= 11 is 0. The van der Waals surface area contributed by atoms with Crippen molar-refractivity contribution in [3.8, 4) is 0 Å². The van der Waals surface area contributed by atoms with Gasteiger partial charge in [-0.2, -0.15) is 0 Å². The smallest absolute Gasteiger partial charge is 0.147 e. The highest BCUT2D eigenvalue weighted by Crippen LogP contribution is 2.46. The van der Waals surface area contributed by atoms with Gasteiger partial charge in [0, 0.05) is 20.3 Å². The number of ether oxygens (including phenoxy) is 4. The summed E-state index contributed by atoms with van der Waals surface area (Å²) in [6.07, 6.45) is 8.36. The monoisotopic (exact) mass is 339 g/mol. The number of hydrogen-bond acceptors (Lipinski definition) is 5. The third-order valence-corrected chi connectivity index (χ3v) is 7.28. The Morgan fingerprint density at radius 1 is 0.833 bits per heavy atom. The summed E-state index contributed by atoms with van der Waals surface area (Å²) in [6.45, 7) is 1.71. The van der Waals surface area contributed by atoms with Gasteiger partial charge in [-0.05, 0) is 69.9 Å². The van der Waals surface area contributed by atoms with Gasteiger partial charge in [0.15, 0.2) is 0 Å². The Morgan fingerprint density at radius 2 is 1.58 bits per heavy atom. The van der Waals surface area contributed by atoms with Gasteiger partial charge in [0.2, 0.25) is 0 Å². The Labute approximate surface area is 145 Å². The van der Waals surface area contributed by atoms with Crippen molar-refractivity contribution in [1.82, 2.24) is 4.90 Å². The Hall–Kier alpha value is -0.200. The Bertz CT molecular complexity index is 434. The van der Waals surface area contributed by atoms with Crippen LogP contribution in [-0.4, -0.2) is 70.0 Å². The average Bonchev–Trinajstić information content (AvgIpc) is 3.08. The second-order valence-electron chi connectivity index (χ2n) is 8.30. The quantitative estimate of drug-likeness (QED) is 0.789. The number of nitrogens with zero attached hydrogens (tertiary/aromatic N) is 1. The van der Waals surface area contributed by atoms with E-state index in [1.165, 1.54) is 19.4 Å². The highest BCUT2D eigenvalue weighted by molar-refractivity contribution is 5.00. The van der Waals surface area contributed by atoms with Gasteiger partial charge in [0.1, 0.15) is 6.79 Å². The molecule has 0 aromatic carbocycles. The zero-order valence-corrected chi connectivity index (χ0v) is 15.4. The minimum atomic E-state index is 0.243. The zero-order chi connectivity index (χ0) is 16.7. The molecule has 4 rings (SSSR count). The van der Waals surface area contributed by atoms with Gasteiger partial charge in [0.05, 0.1) is 24.4 Å². The van der Waals surface area contributed by atoms with Gasteiger partial charge < -0.3 is 23.8 Å². The number of methoxy groups -OCH3 is 2. The van der Waals surface area contributed by atoms with Gasteiger partial charge in [0.25, 0.3) is 0 Å². The van der Waals surface area contributed by atoms with Crippen molar-refractivity contribution >= 4 is 0 Å². The number of rotatable bonds is 3. The fraction of sp³-hybridized carbons (Fsp3) is 1.00. The van der Waals surface area contributed by atoms with Gasteiger partial charge in [-0.25, -0.2) is 0 Å². The van der Waals surface area contributed by atoms with Crippen LogP contribution >= 0.6 is 0 Å². The molecule has 0 radical (unpaired) electrons. The maximum atomic E-state index is 5.84. The summed E-state index contributed by atoms with van der Waals surface area (Å²) in [4.78, 5) is 2.63. The number of piperidine rings is 1. The standard InChI is InChI=1S/C19H33NO4/c1-20-7-6-12-8-16(21-2)17(22-3)10-14(12)19(20)13-4-5-15-18(9-13)24-11-23-15/h12-19H,4-11H2,1-3H3. The number of likely N-dealkylation sites (tertiary alicyclic amines) is 1. The lowest BCUT2D eigenvalue weighted by molar-refractivity contribution is -0.121. The highest BCUT2D eigenvalue weighted by Gasteiger charge is 2.49. The van der Waals surface area contributed by atoms with Crippen LogP contribution in [0.5, 0.6) is 0 Å². The van der Waals surface area contributed by atoms with E-state index in [4.69, 9.17) is 18.9 Å². The van der Waals surface area contributed by atoms with Crippen LogP contribution in [0, 0.1) is 17.8 Å². The van der Waals surface area contributed by atoms with E-state index in [1.807, 2.05) is 14.2 Å². The molecule has 0 N–H and O–H groups in total. The van der Waals surface area contributed by atoms with Crippen molar-refractivity contribution in [3.05, 3.63) is 0 Å². The van der Waals surface area contributed by atoms with Crippen LogP contribution in [0.25, 0.3) is 0 Å². The molecule has 8 unspecified atom stereocenters. The van der Waals surface area contributed by atoms with E-state index in [-0.39, 0.29) is 12.2 Å². The molecule has 2 heterocycles. The minimum Gasteiger partial charge on any atom is -0.379 e. The lowest BCUT2D eigenvalue weighted by Crippen LogP contribution is -2.57. The molecular weight excluding hydrogens is 306 g/mol. The van der Waals surface area contributed by atoms with E-state index in [9.17, 15) is 0 Å². The van der Waals surface area contributed by atoms with Crippen LogP contribution in [-0.2, 0) is 18.9 Å². The van der Waals surface area contributed by atoms with E-state index < -0.39 is 0 Å². The molecule has 2 aliphatic carbocycles. The molecule has 4 fully saturated rings. The molecule has 5 nitrogen and oxygen atoms in total. The van der Waals surface area contributed by atoms with E-state index in [0.717, 1.165) is 43.4 Å². The largest absolute Gasteiger partial charge is 0.379 e. The second-order valence-corrected chi connectivity index (χ2v) is 8.30. The Kier molecular flexibility index (Phi) is 5.17. The first-order valence-electron chi connectivity index (χ1n) is 9.70. The second kappa shape index (κ2) is 7.20. The fourth-order valence-corrected chi connectivity index (χ4v) is 6.06. The molecule has 2 aliphatic heterocycles. The van der Waals surface area contributed by atoms with Gasteiger partial charge in [-0.15, -0.1) is 0 Å². The predicted octanol–water partition coefficient (Wildman–Crippen LogP) is 2.29. The topological polar surface area (TPSA) is 40.2 Å². The van der Waals surface area contributed by atoms with Crippen LogP contribution in [0.1, 0.15) is 38.5 Å². The number of hydrogen-bond donors (Lipinski definition) is 0. The summed E-state index contributed by atoms with van der Waals surface area (Å²) in [5, 5.41) is 0. The summed E-state index contributed by atoms with van der Waals surface area (Å²) < 4.78 is 23.1. The van der Waals surface area contributed by atoms with Crippen molar-refractivity contribution in [1.29, 1.82) is 0 Å². The average molecular weight is 339 g/mol. The fourth-order valence-electron chi connectivity index (χ4n) is 6.06. The molecule has 0 amide bonds. The predicted molar refractivity (Wildman–Crippen MR) is 90.8 cm³/mol. The normalized spacial score (nSPS) is 49.6. The first-order chi connectivity index (χ1) is 11.7. The lowest BCUT2D eigenvalue weighted by atomic mass is 9.64. The SMILES string of the molecule is COC1CC2CCN(C)C(C3CCC4OCOC4C3)C2CC1OC. The van der Waals surface area contributed by atoms with Crippen LogP contribution in [0.4, 0.5) is 0 Å². The van der Waals surface area contributed by atoms with Crippen LogP contribution < -0.4 is 0 Å². The highest BCUT2D eigenvalue weighted by atomic mass is 16.7. The zero-order valence-electron chi connectivity index (χ0n) is 15.4. The van der Waals surface area contributed by atoms with E-state index >= 15 is 0 Å². The maximum absolute atomic E-state index is 5.84. The third kappa shape index (κ3) is 3.03. The first-order valence-corrected chi connectivity index (χ1v) is 9.70. The third-order valence-electron chi connectivity index (χ3n) is 7.28. The van der Waals surface area contributed by atoms with Gasteiger partial charge >= 0.3 is 0 Å². The maximum Gasteiger partial charge on any atom is 0.147 e. The van der Waals surface area contributed by atoms with E-state index in [0.29, 0.717) is 25.0 Å². The summed E-state index contributed by atoms with van der Waals surface area (Å²) in [5.74, 6) is 2.23. The molecular formula is C19H33NO4. The molecule has 0 spiro atoms. The van der Waals surface area contributed by atoms with E-state index in [2.05, 4.69) is 11.9 Å². The molecule has 4 aliphatic rings. The van der Waals surface area contributed by atoms with Gasteiger partial charge in [-0.3, -0.25) is 0 Å². The van der Waals surface area contributed by atoms with E-state index in [1.54, 1.807) is 0 Å². The molecule has 24 heavy (non-hydrogen) atoms. The molecule has 5 heteroatoms. The number of fused-ring (bicyclic) bond motifs is 2. The Balaban J connectivity index is 1.50. The van der Waals surface area contributed by atoms with Crippen molar-refractivity contribution in [2.24, 2.45) is 17.8 Å². The van der Waals surface area contributed by atoms with Crippen molar-refractivity contribution in [2.75, 3.05) is 34.6 Å².